The maximum Gasteiger partial charge on any atom is 0.119 e. The van der Waals surface area contributed by atoms with Gasteiger partial charge in [0.05, 0.1) is 24.7 Å². The summed E-state index contributed by atoms with van der Waals surface area (Å²) in [6, 6.07) is 7.72. The second-order valence-corrected chi connectivity index (χ2v) is 4.38. The molecule has 0 aliphatic carbocycles. The molecule has 0 radical (unpaired) electrons. The number of hydrogen-bond donors (Lipinski definition) is 0. The smallest absolute Gasteiger partial charge is 0.119 e. The molecule has 0 fully saturated rings. The van der Waals surface area contributed by atoms with Crippen LogP contribution in [0.3, 0.4) is 0 Å². The fourth-order valence-corrected chi connectivity index (χ4v) is 1.86. The minimum atomic E-state index is 0.701. The van der Waals surface area contributed by atoms with E-state index >= 15 is 0 Å². The molecule has 1 aromatic heterocycles. The lowest BCUT2D eigenvalue weighted by Gasteiger charge is -2.02. The number of benzene rings is 1. The Morgan fingerprint density at radius 2 is 2.00 bits per heavy atom. The highest BCUT2D eigenvalue weighted by Crippen LogP contribution is 2.14. The number of alkyl halides is 1. The van der Waals surface area contributed by atoms with Crippen LogP contribution in [0.25, 0.3) is 5.69 Å². The van der Waals surface area contributed by atoms with Crippen molar-refractivity contribution in [2.45, 2.75) is 19.3 Å². The van der Waals surface area contributed by atoms with Gasteiger partial charge in [0, 0.05) is 5.88 Å². The first kappa shape index (κ1) is 12.9. The SMILES string of the molecule is COc1ccc(-n2cc(CCCCCl)nn2)cc1. The van der Waals surface area contributed by atoms with Crippen molar-refractivity contribution in [2.75, 3.05) is 13.0 Å². The van der Waals surface area contributed by atoms with Crippen molar-refractivity contribution in [1.29, 1.82) is 0 Å². The highest BCUT2D eigenvalue weighted by Gasteiger charge is 2.03. The number of unbranched alkanes of at least 4 members (excludes halogenated alkanes) is 1. The third-order valence-electron chi connectivity index (χ3n) is 2.69. The Kier molecular flexibility index (Phi) is 4.59. The average Bonchev–Trinajstić information content (AvgIpc) is 2.88. The molecule has 96 valence electrons. The molecule has 18 heavy (non-hydrogen) atoms. The van der Waals surface area contributed by atoms with Gasteiger partial charge in [-0.3, -0.25) is 0 Å². The van der Waals surface area contributed by atoms with E-state index in [1.807, 2.05) is 30.5 Å². The maximum atomic E-state index is 5.64. The summed E-state index contributed by atoms with van der Waals surface area (Å²) in [7, 11) is 1.65. The van der Waals surface area contributed by atoms with Crippen LogP contribution in [0, 0.1) is 0 Å². The van der Waals surface area contributed by atoms with Crippen LogP contribution in [0.5, 0.6) is 5.75 Å². The van der Waals surface area contributed by atoms with Crippen LogP contribution in [0.2, 0.25) is 0 Å². The monoisotopic (exact) mass is 265 g/mol. The molecule has 5 heteroatoms. The number of hydrogen-bond acceptors (Lipinski definition) is 3. The largest absolute Gasteiger partial charge is 0.497 e. The summed E-state index contributed by atoms with van der Waals surface area (Å²) in [5.74, 6) is 1.54. The van der Waals surface area contributed by atoms with Crippen molar-refractivity contribution in [3.8, 4) is 11.4 Å². The van der Waals surface area contributed by atoms with Crippen LogP contribution in [0.15, 0.2) is 30.5 Å². The molecule has 0 saturated heterocycles. The van der Waals surface area contributed by atoms with Crippen LogP contribution in [0.1, 0.15) is 18.5 Å². The number of ether oxygens (including phenoxy) is 1. The van der Waals surface area contributed by atoms with Gasteiger partial charge in [0.25, 0.3) is 0 Å². The maximum absolute atomic E-state index is 5.64. The fourth-order valence-electron chi connectivity index (χ4n) is 1.67. The number of aromatic nitrogens is 3. The third-order valence-corrected chi connectivity index (χ3v) is 2.96. The molecule has 0 spiro atoms. The predicted molar refractivity (Wildman–Crippen MR) is 71.6 cm³/mol. The first-order chi connectivity index (χ1) is 8.83. The summed E-state index contributed by atoms with van der Waals surface area (Å²) in [6.45, 7) is 0. The minimum absolute atomic E-state index is 0.701. The number of aryl methyl sites for hydroxylation is 1. The quantitative estimate of drug-likeness (QED) is 0.596. The van der Waals surface area contributed by atoms with E-state index in [0.29, 0.717) is 5.88 Å². The van der Waals surface area contributed by atoms with E-state index in [2.05, 4.69) is 10.3 Å². The minimum Gasteiger partial charge on any atom is -0.497 e. The van der Waals surface area contributed by atoms with Crippen molar-refractivity contribution >= 4 is 11.6 Å². The van der Waals surface area contributed by atoms with Gasteiger partial charge in [-0.05, 0) is 43.5 Å². The van der Waals surface area contributed by atoms with Gasteiger partial charge in [-0.25, -0.2) is 4.68 Å². The Balaban J connectivity index is 2.04. The standard InChI is InChI=1S/C13H16ClN3O/c1-18-13-7-5-12(6-8-13)17-10-11(15-16-17)4-2-3-9-14/h5-8,10H,2-4,9H2,1H3. The Morgan fingerprint density at radius 3 is 2.67 bits per heavy atom. The van der Waals surface area contributed by atoms with Gasteiger partial charge < -0.3 is 4.74 Å². The van der Waals surface area contributed by atoms with Crippen LogP contribution in [0.4, 0.5) is 0 Å². The highest BCUT2D eigenvalue weighted by molar-refractivity contribution is 6.17. The van der Waals surface area contributed by atoms with Gasteiger partial charge in [0.2, 0.25) is 0 Å². The molecule has 4 nitrogen and oxygen atoms in total. The van der Waals surface area contributed by atoms with E-state index in [0.717, 1.165) is 36.4 Å². The summed E-state index contributed by atoms with van der Waals surface area (Å²) in [6.07, 6.45) is 4.93. The molecule has 0 aliphatic rings. The van der Waals surface area contributed by atoms with Gasteiger partial charge >= 0.3 is 0 Å². The van der Waals surface area contributed by atoms with Gasteiger partial charge in [-0.1, -0.05) is 5.21 Å². The molecule has 0 amide bonds. The average molecular weight is 266 g/mol. The zero-order valence-electron chi connectivity index (χ0n) is 10.3. The third kappa shape index (κ3) is 3.23. The Morgan fingerprint density at radius 1 is 1.22 bits per heavy atom. The van der Waals surface area contributed by atoms with Crippen LogP contribution in [-0.4, -0.2) is 28.0 Å². The lowest BCUT2D eigenvalue weighted by atomic mass is 10.2. The normalized spacial score (nSPS) is 10.6. The van der Waals surface area contributed by atoms with Gasteiger partial charge in [-0.2, -0.15) is 0 Å². The second-order valence-electron chi connectivity index (χ2n) is 4.00. The number of halogens is 1. The number of nitrogens with zero attached hydrogens (tertiary/aromatic N) is 3. The molecular formula is C13H16ClN3O. The van der Waals surface area contributed by atoms with Crippen LogP contribution < -0.4 is 4.74 Å². The first-order valence-electron chi connectivity index (χ1n) is 5.95. The van der Waals surface area contributed by atoms with E-state index in [4.69, 9.17) is 16.3 Å². The molecule has 0 unspecified atom stereocenters. The fraction of sp³-hybridized carbons (Fsp3) is 0.385. The summed E-state index contributed by atoms with van der Waals surface area (Å²) in [5.41, 5.74) is 1.97. The van der Waals surface area contributed by atoms with E-state index in [1.54, 1.807) is 11.8 Å². The summed E-state index contributed by atoms with van der Waals surface area (Å²) < 4.78 is 6.89. The topological polar surface area (TPSA) is 39.9 Å². The molecule has 2 rings (SSSR count). The van der Waals surface area contributed by atoms with Gasteiger partial charge in [0.15, 0.2) is 0 Å². The van der Waals surface area contributed by atoms with E-state index in [1.165, 1.54) is 0 Å². The van der Waals surface area contributed by atoms with Gasteiger partial charge in [0.1, 0.15) is 5.75 Å². The molecule has 2 aromatic rings. The Hall–Kier alpha value is -1.55. The van der Waals surface area contributed by atoms with E-state index in [-0.39, 0.29) is 0 Å². The molecule has 0 bridgehead atoms. The van der Waals surface area contributed by atoms with Crippen molar-refractivity contribution in [2.24, 2.45) is 0 Å². The van der Waals surface area contributed by atoms with Crippen molar-refractivity contribution in [1.82, 2.24) is 15.0 Å². The summed E-state index contributed by atoms with van der Waals surface area (Å²) in [5, 5.41) is 8.26. The zero-order valence-corrected chi connectivity index (χ0v) is 11.1. The molecule has 1 heterocycles. The van der Waals surface area contributed by atoms with E-state index < -0.39 is 0 Å². The van der Waals surface area contributed by atoms with E-state index in [9.17, 15) is 0 Å². The molecular weight excluding hydrogens is 250 g/mol. The lowest BCUT2D eigenvalue weighted by molar-refractivity contribution is 0.414. The molecule has 1 aromatic carbocycles. The van der Waals surface area contributed by atoms with Crippen molar-refractivity contribution < 1.29 is 4.74 Å². The van der Waals surface area contributed by atoms with Crippen molar-refractivity contribution in [3.63, 3.8) is 0 Å². The highest BCUT2D eigenvalue weighted by atomic mass is 35.5. The van der Waals surface area contributed by atoms with Crippen molar-refractivity contribution in [3.05, 3.63) is 36.2 Å². The lowest BCUT2D eigenvalue weighted by Crippen LogP contribution is -1.94. The summed E-state index contributed by atoms with van der Waals surface area (Å²) in [4.78, 5) is 0. The molecule has 0 N–H and O–H groups in total. The molecule has 0 saturated carbocycles. The number of rotatable bonds is 6. The number of methoxy groups -OCH3 is 1. The molecule has 0 aliphatic heterocycles. The molecule has 0 atom stereocenters. The zero-order chi connectivity index (χ0) is 12.8. The van der Waals surface area contributed by atoms with Crippen LogP contribution >= 0.6 is 11.6 Å². The van der Waals surface area contributed by atoms with Gasteiger partial charge in [-0.15, -0.1) is 16.7 Å². The Bertz CT molecular complexity index is 481. The second kappa shape index (κ2) is 6.40. The Labute approximate surface area is 112 Å². The predicted octanol–water partition coefficient (Wildman–Crippen LogP) is 2.84. The summed E-state index contributed by atoms with van der Waals surface area (Å²) >= 11 is 5.64. The van der Waals surface area contributed by atoms with Crippen LogP contribution in [-0.2, 0) is 6.42 Å². The first-order valence-corrected chi connectivity index (χ1v) is 6.48.